The first-order valence-corrected chi connectivity index (χ1v) is 7.00. The number of halogens is 5. The van der Waals surface area contributed by atoms with Crippen LogP contribution in [-0.4, -0.2) is 28.5 Å². The van der Waals surface area contributed by atoms with Crippen LogP contribution in [0.4, 0.5) is 22.0 Å². The predicted octanol–water partition coefficient (Wildman–Crippen LogP) is 3.72. The Bertz CT molecular complexity index is 706. The van der Waals surface area contributed by atoms with Crippen LogP contribution >= 0.6 is 0 Å². The van der Waals surface area contributed by atoms with Gasteiger partial charge in [-0.1, -0.05) is 0 Å². The zero-order valence-corrected chi connectivity index (χ0v) is 11.9. The predicted molar refractivity (Wildman–Crippen MR) is 69.5 cm³/mol. The number of hydrogen-bond donors (Lipinski definition) is 1. The van der Waals surface area contributed by atoms with Crippen LogP contribution in [0.25, 0.3) is 10.4 Å². The van der Waals surface area contributed by atoms with Gasteiger partial charge in [0.25, 0.3) is 0 Å². The number of alkyl halides is 5. The van der Waals surface area contributed by atoms with Crippen LogP contribution in [0.2, 0.25) is 0 Å². The summed E-state index contributed by atoms with van der Waals surface area (Å²) in [5.41, 5.74) is 5.54. The van der Waals surface area contributed by atoms with Crippen molar-refractivity contribution in [1.29, 1.82) is 0 Å². The number of fused-ring (bicyclic) bond motifs is 1. The molecule has 0 amide bonds. The van der Waals surface area contributed by atoms with Crippen LogP contribution in [0.1, 0.15) is 41.9 Å². The fourth-order valence-corrected chi connectivity index (χ4v) is 2.80. The zero-order valence-electron chi connectivity index (χ0n) is 11.9. The molecular formula is C13H11F5N4O2. The van der Waals surface area contributed by atoms with Crippen LogP contribution in [-0.2, 0) is 6.05 Å². The Morgan fingerprint density at radius 2 is 1.96 bits per heavy atom. The van der Waals surface area contributed by atoms with Crippen LogP contribution < -0.4 is 4.74 Å². The van der Waals surface area contributed by atoms with Gasteiger partial charge in [0.15, 0.2) is 12.3 Å². The second kappa shape index (κ2) is 5.75. The van der Waals surface area contributed by atoms with E-state index in [1.54, 1.807) is 0 Å². The molecule has 0 radical (unpaired) electrons. The highest BCUT2D eigenvalue weighted by Crippen LogP contribution is 2.51. The molecule has 1 N–H and O–H groups in total. The third-order valence-electron chi connectivity index (χ3n) is 4.06. The summed E-state index contributed by atoms with van der Waals surface area (Å²) in [4.78, 5) is 5.33. The van der Waals surface area contributed by atoms with E-state index in [4.69, 9.17) is 10.3 Å². The van der Waals surface area contributed by atoms with Crippen molar-refractivity contribution in [3.63, 3.8) is 0 Å². The highest BCUT2D eigenvalue weighted by atomic mass is 19.3. The first-order valence-electron chi connectivity index (χ1n) is 7.00. The molecule has 24 heavy (non-hydrogen) atoms. The van der Waals surface area contributed by atoms with Gasteiger partial charge in [0, 0.05) is 28.9 Å². The van der Waals surface area contributed by atoms with Gasteiger partial charge < -0.3 is 9.84 Å². The maximum Gasteiger partial charge on any atom is 0.367 e. The third kappa shape index (κ3) is 2.53. The molecule has 11 heteroatoms. The van der Waals surface area contributed by atoms with Crippen molar-refractivity contribution < 1.29 is 31.8 Å². The SMILES string of the molecule is [N-]=[N+]=NC(F)(F)c1ncc(OC2CC(F)C2)c2c1[C@H](O)[C@H](F)[C@@H]2F. The van der Waals surface area contributed by atoms with Crippen molar-refractivity contribution in [2.45, 2.75) is 49.6 Å². The van der Waals surface area contributed by atoms with E-state index in [9.17, 15) is 27.1 Å². The maximum atomic E-state index is 14.2. The van der Waals surface area contributed by atoms with E-state index in [1.807, 2.05) is 4.91 Å². The number of aliphatic hydroxyl groups excluding tert-OH is 1. The quantitative estimate of drug-likeness (QED) is 0.295. The molecule has 1 heterocycles. The number of aromatic nitrogens is 1. The maximum absolute atomic E-state index is 14.2. The third-order valence-corrected chi connectivity index (χ3v) is 4.06. The van der Waals surface area contributed by atoms with Gasteiger partial charge in [-0.25, -0.2) is 13.2 Å². The molecule has 1 saturated carbocycles. The van der Waals surface area contributed by atoms with Crippen molar-refractivity contribution in [3.05, 3.63) is 33.5 Å². The molecule has 130 valence electrons. The van der Waals surface area contributed by atoms with E-state index in [0.717, 1.165) is 6.20 Å². The van der Waals surface area contributed by atoms with Gasteiger partial charge in [0.2, 0.25) is 0 Å². The normalized spacial score (nSPS) is 31.8. The van der Waals surface area contributed by atoms with Crippen molar-refractivity contribution in [2.75, 3.05) is 0 Å². The summed E-state index contributed by atoms with van der Waals surface area (Å²) in [7, 11) is 0. The number of aliphatic hydroxyl groups is 1. The average molecular weight is 350 g/mol. The van der Waals surface area contributed by atoms with Crippen molar-refractivity contribution >= 4 is 0 Å². The Labute approximate surface area is 131 Å². The number of azide groups is 1. The number of hydrogen-bond acceptors (Lipinski definition) is 4. The minimum atomic E-state index is -4.21. The van der Waals surface area contributed by atoms with Gasteiger partial charge in [-0.15, -0.1) is 0 Å². The fourth-order valence-electron chi connectivity index (χ4n) is 2.80. The molecule has 1 aromatic rings. The molecule has 0 saturated heterocycles. The van der Waals surface area contributed by atoms with E-state index in [-0.39, 0.29) is 18.6 Å². The fraction of sp³-hybridized carbons (Fsp3) is 0.615. The molecule has 0 aliphatic heterocycles. The molecule has 2 aliphatic rings. The van der Waals surface area contributed by atoms with E-state index < -0.39 is 53.6 Å². The second-order valence-corrected chi connectivity index (χ2v) is 5.63. The lowest BCUT2D eigenvalue weighted by Gasteiger charge is -2.31. The van der Waals surface area contributed by atoms with Crippen LogP contribution in [0.5, 0.6) is 5.75 Å². The van der Waals surface area contributed by atoms with Crippen LogP contribution in [0.15, 0.2) is 11.3 Å². The number of ether oxygens (including phenoxy) is 1. The number of rotatable bonds is 4. The highest BCUT2D eigenvalue weighted by Gasteiger charge is 2.50. The summed E-state index contributed by atoms with van der Waals surface area (Å²) < 4.78 is 73.8. The summed E-state index contributed by atoms with van der Waals surface area (Å²) in [6.45, 7) is 0. The number of pyridine rings is 1. The Balaban J connectivity index is 2.08. The second-order valence-electron chi connectivity index (χ2n) is 5.63. The molecule has 0 bridgehead atoms. The van der Waals surface area contributed by atoms with Crippen molar-refractivity contribution in [1.82, 2.24) is 4.98 Å². The summed E-state index contributed by atoms with van der Waals surface area (Å²) in [6, 6.07) is -4.21. The summed E-state index contributed by atoms with van der Waals surface area (Å²) >= 11 is 0. The van der Waals surface area contributed by atoms with Gasteiger partial charge in [-0.05, 0) is 10.6 Å². The smallest absolute Gasteiger partial charge is 0.367 e. The van der Waals surface area contributed by atoms with Gasteiger partial charge in [-0.3, -0.25) is 4.98 Å². The summed E-state index contributed by atoms with van der Waals surface area (Å²) in [6.07, 6.45) is -8.03. The molecule has 0 spiro atoms. The molecule has 0 aromatic carbocycles. The monoisotopic (exact) mass is 350 g/mol. The lowest BCUT2D eigenvalue weighted by atomic mass is 9.93. The van der Waals surface area contributed by atoms with Crippen molar-refractivity contribution in [2.24, 2.45) is 5.11 Å². The average Bonchev–Trinajstić information content (AvgIpc) is 2.71. The lowest BCUT2D eigenvalue weighted by molar-refractivity contribution is -0.00733. The molecule has 1 aromatic heterocycles. The summed E-state index contributed by atoms with van der Waals surface area (Å²) in [5.74, 6) is -0.339. The lowest BCUT2D eigenvalue weighted by Crippen LogP contribution is -2.35. The number of nitrogens with zero attached hydrogens (tertiary/aromatic N) is 4. The Hall–Kier alpha value is -2.13. The highest BCUT2D eigenvalue weighted by molar-refractivity contribution is 5.50. The molecule has 0 unspecified atom stereocenters. The van der Waals surface area contributed by atoms with Crippen LogP contribution in [0, 0.1) is 0 Å². The van der Waals surface area contributed by atoms with Gasteiger partial charge in [-0.2, -0.15) is 8.78 Å². The molecule has 6 nitrogen and oxygen atoms in total. The standard InChI is InChI=1S/C13H11F5N4O2/c14-4-1-5(2-4)24-6-3-20-12(13(17,18)21-22-19)8-7(6)9(15)10(16)11(8)23/h3-5,9-11,23H,1-2H2/t4?,5?,9-,10-,11+/m1/s1. The molecule has 1 fully saturated rings. The van der Waals surface area contributed by atoms with Crippen LogP contribution in [0.3, 0.4) is 0 Å². The molecule has 3 rings (SSSR count). The first kappa shape index (κ1) is 16.7. The minimum Gasteiger partial charge on any atom is -0.488 e. The van der Waals surface area contributed by atoms with E-state index >= 15 is 0 Å². The topological polar surface area (TPSA) is 91.1 Å². The van der Waals surface area contributed by atoms with E-state index in [1.165, 1.54) is 0 Å². The van der Waals surface area contributed by atoms with E-state index in [2.05, 4.69) is 10.1 Å². The molecular weight excluding hydrogens is 339 g/mol. The van der Waals surface area contributed by atoms with Gasteiger partial charge >= 0.3 is 6.05 Å². The summed E-state index contributed by atoms with van der Waals surface area (Å²) in [5, 5.41) is 12.0. The molecule has 2 aliphatic carbocycles. The minimum absolute atomic E-state index is 0.0317. The van der Waals surface area contributed by atoms with E-state index in [0.29, 0.717) is 0 Å². The van der Waals surface area contributed by atoms with Gasteiger partial charge in [0.1, 0.15) is 29.8 Å². The largest absolute Gasteiger partial charge is 0.488 e. The Kier molecular flexibility index (Phi) is 4.00. The first-order chi connectivity index (χ1) is 11.3. The molecule has 3 atom stereocenters. The van der Waals surface area contributed by atoms with Gasteiger partial charge in [0.05, 0.1) is 6.20 Å². The zero-order chi connectivity index (χ0) is 17.6. The Morgan fingerprint density at radius 3 is 2.54 bits per heavy atom. The Morgan fingerprint density at radius 1 is 1.29 bits per heavy atom. The van der Waals surface area contributed by atoms with Crippen molar-refractivity contribution in [3.8, 4) is 5.75 Å².